The van der Waals surface area contributed by atoms with Crippen LogP contribution in [0, 0.1) is 72.0 Å². The number of piperidine rings is 1. The number of nitrogens with zero attached hydrogens (tertiary/aromatic N) is 4. The van der Waals surface area contributed by atoms with Gasteiger partial charge >= 0.3 is 12.1 Å². The minimum atomic E-state index is -1.28. The van der Waals surface area contributed by atoms with E-state index in [1.165, 1.54) is 24.0 Å². The largest absolute Gasteiger partial charge is 0.445 e. The molecule has 127 heavy (non-hydrogen) atoms. The van der Waals surface area contributed by atoms with Gasteiger partial charge in [-0.15, -0.1) is 0 Å². The summed E-state index contributed by atoms with van der Waals surface area (Å²) in [5.41, 5.74) is 19.3. The predicted octanol–water partition coefficient (Wildman–Crippen LogP) is 8.33. The van der Waals surface area contributed by atoms with Crippen molar-refractivity contribution >= 4 is 94.0 Å². The van der Waals surface area contributed by atoms with Crippen LogP contribution in [0.5, 0.6) is 0 Å². The van der Waals surface area contributed by atoms with E-state index in [0.717, 1.165) is 11.1 Å². The van der Waals surface area contributed by atoms with Crippen molar-refractivity contribution in [1.29, 1.82) is 0 Å². The number of aryl methyl sites for hydroxylation is 1. The number of ketones is 3. The van der Waals surface area contributed by atoms with Crippen molar-refractivity contribution in [3.63, 3.8) is 0 Å². The van der Waals surface area contributed by atoms with E-state index in [9.17, 15) is 67.4 Å². The number of likely N-dealkylation sites (tertiary alicyclic amines) is 2. The van der Waals surface area contributed by atoms with Gasteiger partial charge in [-0.25, -0.2) is 9.59 Å². The van der Waals surface area contributed by atoms with E-state index in [1.54, 1.807) is 109 Å². The first-order chi connectivity index (χ1) is 60.2. The van der Waals surface area contributed by atoms with Crippen LogP contribution in [0.4, 0.5) is 21.0 Å². The zero-order valence-electron chi connectivity index (χ0n) is 78.0. The summed E-state index contributed by atoms with van der Waals surface area (Å²) in [5.74, 6) is -12.5. The van der Waals surface area contributed by atoms with Gasteiger partial charge in [0.2, 0.25) is 53.2 Å². The maximum atomic E-state index is 15.0. The molecule has 2 fully saturated rings. The molecule has 5 rings (SSSR count). The minimum absolute atomic E-state index is 0.00192. The second-order valence-corrected chi connectivity index (χ2v) is 35.7. The number of Topliss-reactive ketones (excluding diaryl/α,β-unsaturated/α-hetero) is 3. The molecule has 33 heteroatoms. The van der Waals surface area contributed by atoms with E-state index in [0.29, 0.717) is 56.6 Å². The number of methoxy groups -OCH3 is 2. The monoisotopic (exact) mass is 1780 g/mol. The summed E-state index contributed by atoms with van der Waals surface area (Å²) in [6, 6.07) is 16.2. The van der Waals surface area contributed by atoms with Gasteiger partial charge in [0.1, 0.15) is 24.5 Å². The van der Waals surface area contributed by atoms with Gasteiger partial charge < -0.3 is 97.5 Å². The van der Waals surface area contributed by atoms with E-state index in [-0.39, 0.29) is 164 Å². The van der Waals surface area contributed by atoms with E-state index in [2.05, 4.69) is 31.9 Å². The molecule has 708 valence electrons. The SMILES string of the molecule is CC[C@H](C)[C@@H]([C@@H](CC(=O)N1CCC[C@H]1[C@H](OC)[C@@H](C)C(=O)C[C@H](C)[C@@H](O)c1ccccc1)OC)N(C)C(=O)[C@@H](CC(=O)[C@H](C(C)C)N(C)C(=O)OCc1ccc(NC(=O)[C@H](CCCCC(N)=O)NC(=O)[C@@H](NC(=O)[C@@H]2C[C@@H](C(=O)N[C@H](C(=O)C[C@@H](CCCNC(N)=O)C(=O)Nc3ccc(C)cc3)C(C)C)CN(C(=O)CCOCCOCCN)C2)C(C)C)cc1)C(C)C. The second kappa shape index (κ2) is 54.5. The molecule has 12 amide bonds. The number of unbranched alkanes of at least 4 members (excludes halogenated alkanes) is 1. The van der Waals surface area contributed by atoms with Gasteiger partial charge in [0.05, 0.1) is 93.6 Å². The van der Waals surface area contributed by atoms with Crippen LogP contribution in [0.2, 0.25) is 0 Å². The number of anilines is 2. The average molecular weight is 1780 g/mol. The lowest BCUT2D eigenvalue weighted by Gasteiger charge is -2.41. The molecule has 2 aliphatic rings. The van der Waals surface area contributed by atoms with Crippen molar-refractivity contribution in [3.8, 4) is 0 Å². The number of amides is 12. The molecule has 2 saturated heterocycles. The smallest absolute Gasteiger partial charge is 0.410 e. The molecule has 3 aromatic carbocycles. The minimum Gasteiger partial charge on any atom is -0.445 e. The molecule has 3 aromatic rings. The summed E-state index contributed by atoms with van der Waals surface area (Å²) < 4.78 is 29.0. The predicted molar refractivity (Wildman–Crippen MR) is 482 cm³/mol. The lowest BCUT2D eigenvalue weighted by Crippen LogP contribution is -2.58. The molecular formula is C94H147N13O20. The first kappa shape index (κ1) is 108. The van der Waals surface area contributed by atoms with Gasteiger partial charge in [-0.3, -0.25) is 57.5 Å². The molecule has 0 unspecified atom stereocenters. The third kappa shape index (κ3) is 34.3. The molecular weight excluding hydrogens is 1630 g/mol. The molecule has 0 spiro atoms. The number of nitrogens with two attached hydrogens (primary N) is 3. The molecule has 0 saturated carbocycles. The zero-order chi connectivity index (χ0) is 94.5. The van der Waals surface area contributed by atoms with Gasteiger partial charge in [0.15, 0.2) is 11.6 Å². The molecule has 2 heterocycles. The van der Waals surface area contributed by atoms with Crippen molar-refractivity contribution in [2.24, 2.45) is 82.3 Å². The fourth-order valence-electron chi connectivity index (χ4n) is 16.9. The molecule has 16 atom stereocenters. The van der Waals surface area contributed by atoms with Gasteiger partial charge in [-0.05, 0) is 123 Å². The number of aliphatic hydroxyl groups excluding tert-OH is 1. The summed E-state index contributed by atoms with van der Waals surface area (Å²) >= 11 is 0. The molecule has 0 bridgehead atoms. The van der Waals surface area contributed by atoms with Crippen LogP contribution in [0.15, 0.2) is 78.9 Å². The van der Waals surface area contributed by atoms with Crippen LogP contribution < -0.4 is 49.1 Å². The van der Waals surface area contributed by atoms with Crippen molar-refractivity contribution in [2.75, 3.05) is 98.1 Å². The first-order valence-corrected chi connectivity index (χ1v) is 45.1. The number of likely N-dealkylation sites (N-methyl/N-ethyl adjacent to an activating group) is 2. The number of ether oxygens (including phenoxy) is 5. The Balaban J connectivity index is 1.26. The highest BCUT2D eigenvalue weighted by Gasteiger charge is 2.46. The van der Waals surface area contributed by atoms with Crippen molar-refractivity contribution in [2.45, 2.75) is 247 Å². The number of hydrogen-bond acceptors (Lipinski definition) is 21. The Kier molecular flexibility index (Phi) is 46.2. The molecule has 0 aromatic heterocycles. The second-order valence-electron chi connectivity index (χ2n) is 35.7. The zero-order valence-corrected chi connectivity index (χ0v) is 78.0. The first-order valence-electron chi connectivity index (χ1n) is 45.1. The summed E-state index contributed by atoms with van der Waals surface area (Å²) in [6.45, 7) is 24.7. The number of primary amides is 2. The quantitative estimate of drug-likeness (QED) is 0.0237. The number of aliphatic hydroxyl groups is 1. The topological polar surface area (TPSA) is 469 Å². The van der Waals surface area contributed by atoms with E-state index < -0.39 is 161 Å². The normalized spacial score (nSPS) is 17.7. The molecule has 0 aliphatic carbocycles. The lowest BCUT2D eigenvalue weighted by atomic mass is 9.83. The summed E-state index contributed by atoms with van der Waals surface area (Å²) in [7, 11) is 6.18. The lowest BCUT2D eigenvalue weighted by molar-refractivity contribution is -0.149. The highest BCUT2D eigenvalue weighted by atomic mass is 16.6. The summed E-state index contributed by atoms with van der Waals surface area (Å²) in [4.78, 5) is 203. The number of nitrogens with one attached hydrogen (secondary N) is 6. The van der Waals surface area contributed by atoms with Crippen LogP contribution in [-0.2, 0) is 87.8 Å². The third-order valence-electron chi connectivity index (χ3n) is 24.5. The Morgan fingerprint density at radius 3 is 1.75 bits per heavy atom. The maximum absolute atomic E-state index is 15.0. The number of hydrogen-bond donors (Lipinski definition) is 10. The average Bonchev–Trinajstić information content (AvgIpc) is 1.79. The van der Waals surface area contributed by atoms with Crippen LogP contribution in [-0.4, -0.2) is 243 Å². The summed E-state index contributed by atoms with van der Waals surface area (Å²) in [6.07, 6.45) is -0.835. The summed E-state index contributed by atoms with van der Waals surface area (Å²) in [5, 5.41) is 27.8. The Hall–Kier alpha value is -9.80. The Morgan fingerprint density at radius 2 is 1.19 bits per heavy atom. The van der Waals surface area contributed by atoms with Crippen LogP contribution >= 0.6 is 0 Å². The third-order valence-corrected chi connectivity index (χ3v) is 24.5. The van der Waals surface area contributed by atoms with Crippen LogP contribution in [0.1, 0.15) is 202 Å². The molecule has 2 aliphatic heterocycles. The number of carbonyl (C=O) groups excluding carboxylic acids is 14. The fraction of sp³-hybridized carbons (Fsp3) is 0.660. The van der Waals surface area contributed by atoms with Crippen LogP contribution in [0.3, 0.4) is 0 Å². The highest BCUT2D eigenvalue weighted by Crippen LogP contribution is 2.35. The number of benzene rings is 3. The number of carbonyl (C=O) groups is 14. The standard InChI is InChI=1S/C94H147N13O20/c1-18-61(11)84(77(123-16)52-80(113)107-43-25-30-73(107)86(124-17)63(13)74(108)48-62(12)85(114)65-26-20-19-21-27-65)104(14)92(120)71(56(2)3)51-76(110)83(59(8)9)105(15)94(122)127-55-64-34-38-70(39-35-64)100-90(118)72(29-22-23-31-78(96)111)101-91(119)82(58(6)7)103-89(117)68-49-67(53-106(54-68)79(112)40-44-125-46-47-126-45-41-95)88(116)102-81(57(4)5)75(109)50-66(28-24-42-98-93(97)121)87(115)99-69-36-32-60(10)33-37-69/h19-21,26-27,32-39,56-59,61-63,66-68,71-73,77,81-86,114H,18,22-25,28-31,40-55,95H2,1-17H3,(H2,96,111)(H,99,115)(H,100,118)(H,101,119)(H,102,116)(H,103,117)(H3,97,98,121)/t61-,62-,63-,66+,67+,68+,71-,72-,73-,77+,81-,82-,83-,84-,85+,86+/m0/s1. The van der Waals surface area contributed by atoms with E-state index in [1.807, 2.05) is 84.0 Å². The van der Waals surface area contributed by atoms with E-state index >= 15 is 4.79 Å². The van der Waals surface area contributed by atoms with Crippen molar-refractivity contribution < 1.29 is 95.9 Å². The van der Waals surface area contributed by atoms with Gasteiger partial charge in [0, 0.05) is 116 Å². The van der Waals surface area contributed by atoms with Gasteiger partial charge in [0.25, 0.3) is 0 Å². The highest BCUT2D eigenvalue weighted by molar-refractivity contribution is 6.00. The molecule has 33 nitrogen and oxygen atoms in total. The van der Waals surface area contributed by atoms with Gasteiger partial charge in [-0.1, -0.05) is 156 Å². The Morgan fingerprint density at radius 1 is 0.591 bits per heavy atom. The Bertz CT molecular complexity index is 4040. The number of urea groups is 1. The fourth-order valence-corrected chi connectivity index (χ4v) is 16.9. The maximum Gasteiger partial charge on any atom is 0.410 e. The van der Waals surface area contributed by atoms with E-state index in [4.69, 9.17) is 40.9 Å². The Labute approximate surface area is 750 Å². The van der Waals surface area contributed by atoms with Crippen molar-refractivity contribution in [3.05, 3.63) is 95.6 Å². The molecule has 0 radical (unpaired) electrons. The van der Waals surface area contributed by atoms with Gasteiger partial charge in [-0.2, -0.15) is 0 Å². The van der Waals surface area contributed by atoms with Crippen molar-refractivity contribution in [1.82, 2.24) is 40.9 Å². The molecule has 13 N–H and O–H groups in total. The number of rotatable bonds is 56. The van der Waals surface area contributed by atoms with Crippen LogP contribution in [0.25, 0.3) is 0 Å².